The zero-order valence-electron chi connectivity index (χ0n) is 6.18. The summed E-state index contributed by atoms with van der Waals surface area (Å²) in [6.45, 7) is 4.56. The molecule has 0 nitrogen and oxygen atoms in total. The Labute approximate surface area is 61.7 Å². The molecule has 1 heteroatoms. The van der Waals surface area contributed by atoms with Crippen LogP contribution in [0.4, 0.5) is 0 Å². The molecule has 0 bridgehead atoms. The highest BCUT2D eigenvalue weighted by molar-refractivity contribution is 8.03. The van der Waals surface area contributed by atoms with Crippen LogP contribution in [0.2, 0.25) is 0 Å². The van der Waals surface area contributed by atoms with Crippen molar-refractivity contribution in [1.82, 2.24) is 0 Å². The molecule has 0 radical (unpaired) electrons. The van der Waals surface area contributed by atoms with E-state index in [0.29, 0.717) is 0 Å². The summed E-state index contributed by atoms with van der Waals surface area (Å²) < 4.78 is 0. The second kappa shape index (κ2) is 3.31. The van der Waals surface area contributed by atoms with Gasteiger partial charge >= 0.3 is 0 Å². The molecule has 0 saturated heterocycles. The molecule has 0 fully saturated rings. The van der Waals surface area contributed by atoms with E-state index in [2.05, 4.69) is 19.9 Å². The lowest BCUT2D eigenvalue weighted by atomic mass is 10.1. The van der Waals surface area contributed by atoms with Crippen LogP contribution in [0, 0.1) is 5.92 Å². The van der Waals surface area contributed by atoms with Crippen molar-refractivity contribution in [3.8, 4) is 0 Å². The van der Waals surface area contributed by atoms with Gasteiger partial charge in [-0.25, -0.2) is 0 Å². The van der Waals surface area contributed by atoms with Gasteiger partial charge in [-0.05, 0) is 23.7 Å². The van der Waals surface area contributed by atoms with Crippen molar-refractivity contribution in [3.05, 3.63) is 11.0 Å². The van der Waals surface area contributed by atoms with Crippen LogP contribution in [0.5, 0.6) is 0 Å². The van der Waals surface area contributed by atoms with Crippen LogP contribution in [0.3, 0.4) is 0 Å². The van der Waals surface area contributed by atoms with E-state index in [0.717, 1.165) is 5.92 Å². The molecule has 1 rings (SSSR count). The monoisotopic (exact) mass is 142 g/mol. The number of hydrogen-bond acceptors (Lipinski definition) is 1. The smallest absolute Gasteiger partial charge is 0.00117 e. The van der Waals surface area contributed by atoms with Gasteiger partial charge in [-0.2, -0.15) is 0 Å². The highest BCUT2D eigenvalue weighted by atomic mass is 32.2. The summed E-state index contributed by atoms with van der Waals surface area (Å²) in [7, 11) is 0. The summed E-state index contributed by atoms with van der Waals surface area (Å²) in [5.41, 5.74) is 0. The van der Waals surface area contributed by atoms with Crippen LogP contribution >= 0.6 is 11.8 Å². The Bertz CT molecular complexity index is 114. The molecule has 52 valence electrons. The zero-order valence-corrected chi connectivity index (χ0v) is 7.00. The molecule has 0 aromatic rings. The van der Waals surface area contributed by atoms with Gasteiger partial charge in [0, 0.05) is 5.75 Å². The number of rotatable bonds is 2. The Kier molecular flexibility index (Phi) is 2.65. The average molecular weight is 142 g/mol. The minimum Gasteiger partial charge on any atom is -0.131 e. The first-order valence-electron chi connectivity index (χ1n) is 3.61. The highest BCUT2D eigenvalue weighted by Gasteiger charge is 2.05. The van der Waals surface area contributed by atoms with Crippen molar-refractivity contribution in [3.63, 3.8) is 0 Å². The van der Waals surface area contributed by atoms with Crippen LogP contribution < -0.4 is 0 Å². The molecule has 0 atom stereocenters. The number of allylic oxidation sites excluding steroid dienone is 2. The predicted molar refractivity (Wildman–Crippen MR) is 44.6 cm³/mol. The number of thioether (sulfide) groups is 1. The van der Waals surface area contributed by atoms with Crippen molar-refractivity contribution in [2.75, 3.05) is 5.75 Å². The Hall–Kier alpha value is 0.0900. The lowest BCUT2D eigenvalue weighted by Gasteiger charge is -2.02. The molecular formula is C8H14S. The second-order valence-electron chi connectivity index (χ2n) is 2.91. The first kappa shape index (κ1) is 7.20. The van der Waals surface area contributed by atoms with Crippen LogP contribution in [0.1, 0.15) is 26.7 Å². The maximum absolute atomic E-state index is 2.38. The fourth-order valence-electron chi connectivity index (χ4n) is 1.01. The van der Waals surface area contributed by atoms with E-state index < -0.39 is 0 Å². The summed E-state index contributed by atoms with van der Waals surface area (Å²) in [5.74, 6) is 2.16. The fraction of sp³-hybridized carbons (Fsp3) is 0.750. The third kappa shape index (κ3) is 2.44. The molecule has 0 N–H and O–H groups in total. The molecule has 1 heterocycles. The molecule has 0 aromatic carbocycles. The summed E-state index contributed by atoms with van der Waals surface area (Å²) in [4.78, 5) is 1.62. The Morgan fingerprint density at radius 3 is 2.89 bits per heavy atom. The van der Waals surface area contributed by atoms with Crippen molar-refractivity contribution >= 4 is 11.8 Å². The van der Waals surface area contributed by atoms with E-state index >= 15 is 0 Å². The molecule has 0 aromatic heterocycles. The highest BCUT2D eigenvalue weighted by Crippen LogP contribution is 2.29. The van der Waals surface area contributed by atoms with Gasteiger partial charge < -0.3 is 0 Å². The molecular weight excluding hydrogens is 128 g/mol. The minimum absolute atomic E-state index is 0.835. The Balaban J connectivity index is 2.26. The third-order valence-corrected chi connectivity index (χ3v) is 2.53. The maximum Gasteiger partial charge on any atom is 0.00117 e. The standard InChI is InChI=1S/C8H14S/c1-7(2)6-8-4-3-5-9-8/h4,7H,3,5-6H2,1-2H3. The summed E-state index contributed by atoms with van der Waals surface area (Å²) in [6.07, 6.45) is 4.97. The van der Waals surface area contributed by atoms with E-state index in [1.54, 1.807) is 4.91 Å². The van der Waals surface area contributed by atoms with Gasteiger partial charge in [0.2, 0.25) is 0 Å². The lowest BCUT2D eigenvalue weighted by molar-refractivity contribution is 0.658. The molecule has 9 heavy (non-hydrogen) atoms. The Morgan fingerprint density at radius 1 is 1.67 bits per heavy atom. The summed E-state index contributed by atoms with van der Waals surface area (Å²) in [5, 5.41) is 0. The van der Waals surface area contributed by atoms with Gasteiger partial charge in [0.05, 0.1) is 0 Å². The van der Waals surface area contributed by atoms with Gasteiger partial charge in [0.15, 0.2) is 0 Å². The molecule has 0 amide bonds. The SMILES string of the molecule is CC(C)CC1=CCCS1. The molecule has 0 unspecified atom stereocenters. The zero-order chi connectivity index (χ0) is 6.69. The number of hydrogen-bond donors (Lipinski definition) is 0. The van der Waals surface area contributed by atoms with E-state index in [1.165, 1.54) is 18.6 Å². The van der Waals surface area contributed by atoms with Crippen molar-refractivity contribution in [2.24, 2.45) is 5.92 Å². The van der Waals surface area contributed by atoms with Crippen LogP contribution in [-0.2, 0) is 0 Å². The summed E-state index contributed by atoms with van der Waals surface area (Å²) in [6, 6.07) is 0. The van der Waals surface area contributed by atoms with Crippen molar-refractivity contribution in [2.45, 2.75) is 26.7 Å². The van der Waals surface area contributed by atoms with Gasteiger partial charge in [-0.1, -0.05) is 19.9 Å². The normalized spacial score (nSPS) is 18.8. The van der Waals surface area contributed by atoms with Crippen molar-refractivity contribution < 1.29 is 0 Å². The minimum atomic E-state index is 0.835. The molecule has 1 aliphatic rings. The van der Waals surface area contributed by atoms with Gasteiger partial charge in [0.1, 0.15) is 0 Å². The first-order chi connectivity index (χ1) is 4.29. The second-order valence-corrected chi connectivity index (χ2v) is 4.13. The lowest BCUT2D eigenvalue weighted by Crippen LogP contribution is -1.85. The van der Waals surface area contributed by atoms with Crippen LogP contribution in [-0.4, -0.2) is 5.75 Å². The first-order valence-corrected chi connectivity index (χ1v) is 4.59. The quantitative estimate of drug-likeness (QED) is 0.571. The average Bonchev–Trinajstić information content (AvgIpc) is 2.15. The van der Waals surface area contributed by atoms with Crippen molar-refractivity contribution in [1.29, 1.82) is 0 Å². The van der Waals surface area contributed by atoms with Crippen LogP contribution in [0.15, 0.2) is 11.0 Å². The topological polar surface area (TPSA) is 0 Å². The van der Waals surface area contributed by atoms with E-state index in [-0.39, 0.29) is 0 Å². The van der Waals surface area contributed by atoms with E-state index in [1.807, 2.05) is 11.8 Å². The van der Waals surface area contributed by atoms with Gasteiger partial charge in [-0.15, -0.1) is 11.8 Å². The molecule has 0 spiro atoms. The van der Waals surface area contributed by atoms with Crippen LogP contribution in [0.25, 0.3) is 0 Å². The molecule has 0 aliphatic carbocycles. The maximum atomic E-state index is 2.38. The van der Waals surface area contributed by atoms with E-state index in [4.69, 9.17) is 0 Å². The third-order valence-electron chi connectivity index (χ3n) is 1.39. The van der Waals surface area contributed by atoms with E-state index in [9.17, 15) is 0 Å². The predicted octanol–water partition coefficient (Wildman–Crippen LogP) is 3.05. The summed E-state index contributed by atoms with van der Waals surface area (Å²) >= 11 is 2.03. The fourth-order valence-corrected chi connectivity index (χ4v) is 2.20. The van der Waals surface area contributed by atoms with Gasteiger partial charge in [0.25, 0.3) is 0 Å². The largest absolute Gasteiger partial charge is 0.131 e. The molecule has 1 aliphatic heterocycles. The van der Waals surface area contributed by atoms with Gasteiger partial charge in [-0.3, -0.25) is 0 Å². The Morgan fingerprint density at radius 2 is 2.44 bits per heavy atom. The molecule has 0 saturated carbocycles.